The van der Waals surface area contributed by atoms with Crippen LogP contribution < -0.4 is 10.2 Å². The molecule has 1 N–H and O–H groups in total. The van der Waals surface area contributed by atoms with Gasteiger partial charge in [0.2, 0.25) is 0 Å². The van der Waals surface area contributed by atoms with Gasteiger partial charge in [0.05, 0.1) is 5.02 Å². The zero-order valence-corrected chi connectivity index (χ0v) is 14.0. The number of halogens is 2. The van der Waals surface area contributed by atoms with E-state index in [1.807, 2.05) is 18.2 Å². The number of carbonyl (C=O) groups is 1. The highest BCUT2D eigenvalue weighted by Crippen LogP contribution is 2.23. The first-order valence-corrected chi connectivity index (χ1v) is 8.29. The van der Waals surface area contributed by atoms with E-state index in [0.29, 0.717) is 17.5 Å². The van der Waals surface area contributed by atoms with E-state index in [0.717, 1.165) is 19.5 Å². The van der Waals surface area contributed by atoms with Crippen LogP contribution in [0, 0.1) is 5.92 Å². The maximum absolute atomic E-state index is 12.2. The van der Waals surface area contributed by atoms with Crippen molar-refractivity contribution < 1.29 is 4.79 Å². The van der Waals surface area contributed by atoms with Crippen LogP contribution in [0.2, 0.25) is 10.2 Å². The van der Waals surface area contributed by atoms with Crippen LogP contribution in [-0.4, -0.2) is 30.5 Å². The van der Waals surface area contributed by atoms with Crippen LogP contribution in [0.4, 0.5) is 5.69 Å². The van der Waals surface area contributed by atoms with Crippen molar-refractivity contribution in [1.82, 2.24) is 10.3 Å². The number of carbonyl (C=O) groups excluding carboxylic acids is 1. The third kappa shape index (κ3) is 3.95. The highest BCUT2D eigenvalue weighted by molar-refractivity contribution is 6.34. The van der Waals surface area contributed by atoms with E-state index in [1.54, 1.807) is 12.1 Å². The molecule has 1 amide bonds. The second-order valence-electron chi connectivity index (χ2n) is 5.61. The van der Waals surface area contributed by atoms with E-state index >= 15 is 0 Å². The van der Waals surface area contributed by atoms with E-state index in [1.165, 1.54) is 5.69 Å². The molecule has 0 spiro atoms. The minimum atomic E-state index is -0.282. The van der Waals surface area contributed by atoms with Gasteiger partial charge in [0.15, 0.2) is 0 Å². The van der Waals surface area contributed by atoms with Gasteiger partial charge in [0, 0.05) is 25.3 Å². The number of hydrogen-bond acceptors (Lipinski definition) is 3. The first kappa shape index (κ1) is 16.1. The van der Waals surface area contributed by atoms with E-state index in [2.05, 4.69) is 27.3 Å². The summed E-state index contributed by atoms with van der Waals surface area (Å²) in [6.45, 7) is 2.54. The number of nitrogens with zero attached hydrogens (tertiary/aromatic N) is 2. The standard InChI is InChI=1S/C17H17Cl2N3O/c18-14-6-7-15(19)21-16(14)17(23)20-10-12-8-9-22(11-12)13-4-2-1-3-5-13/h1-7,12H,8-11H2,(H,20,23). The van der Waals surface area contributed by atoms with Crippen LogP contribution in [0.25, 0.3) is 0 Å². The van der Waals surface area contributed by atoms with Crippen molar-refractivity contribution in [3.8, 4) is 0 Å². The summed E-state index contributed by atoms with van der Waals surface area (Å²) in [6, 6.07) is 13.5. The number of nitrogens with one attached hydrogen (secondary N) is 1. The smallest absolute Gasteiger partial charge is 0.271 e. The summed E-state index contributed by atoms with van der Waals surface area (Å²) in [6.07, 6.45) is 1.05. The molecule has 1 aliphatic heterocycles. The van der Waals surface area contributed by atoms with Crippen molar-refractivity contribution >= 4 is 34.8 Å². The first-order chi connectivity index (χ1) is 11.1. The molecule has 1 unspecified atom stereocenters. The highest BCUT2D eigenvalue weighted by Gasteiger charge is 2.23. The van der Waals surface area contributed by atoms with Crippen LogP contribution in [0.3, 0.4) is 0 Å². The molecule has 2 aromatic rings. The molecule has 4 nitrogen and oxygen atoms in total. The molecule has 0 saturated carbocycles. The van der Waals surface area contributed by atoms with E-state index in [9.17, 15) is 4.79 Å². The number of benzene rings is 1. The first-order valence-electron chi connectivity index (χ1n) is 7.54. The number of pyridine rings is 1. The van der Waals surface area contributed by atoms with Crippen LogP contribution in [0.1, 0.15) is 16.9 Å². The fourth-order valence-electron chi connectivity index (χ4n) is 2.77. The third-order valence-electron chi connectivity index (χ3n) is 3.99. The van der Waals surface area contributed by atoms with Gasteiger partial charge in [-0.25, -0.2) is 4.98 Å². The molecule has 2 heterocycles. The Labute approximate surface area is 145 Å². The van der Waals surface area contributed by atoms with Gasteiger partial charge in [-0.3, -0.25) is 4.79 Å². The molecular weight excluding hydrogens is 333 g/mol. The Morgan fingerprint density at radius 3 is 2.78 bits per heavy atom. The molecule has 0 bridgehead atoms. The maximum Gasteiger partial charge on any atom is 0.271 e. The predicted octanol–water partition coefficient (Wildman–Crippen LogP) is 3.64. The zero-order valence-electron chi connectivity index (χ0n) is 12.5. The van der Waals surface area contributed by atoms with Crippen LogP contribution in [-0.2, 0) is 0 Å². The van der Waals surface area contributed by atoms with Gasteiger partial charge in [-0.15, -0.1) is 0 Å². The van der Waals surface area contributed by atoms with Crippen molar-refractivity contribution in [3.05, 3.63) is 58.3 Å². The van der Waals surface area contributed by atoms with E-state index in [-0.39, 0.29) is 16.8 Å². The Kier molecular flexibility index (Phi) is 5.03. The number of para-hydroxylation sites is 1. The van der Waals surface area contributed by atoms with Crippen molar-refractivity contribution in [1.29, 1.82) is 0 Å². The molecular formula is C17H17Cl2N3O. The summed E-state index contributed by atoms with van der Waals surface area (Å²) in [4.78, 5) is 18.5. The van der Waals surface area contributed by atoms with Crippen LogP contribution >= 0.6 is 23.2 Å². The van der Waals surface area contributed by atoms with Gasteiger partial charge in [-0.1, -0.05) is 41.4 Å². The lowest BCUT2D eigenvalue weighted by atomic mass is 10.1. The Bertz CT molecular complexity index is 693. The van der Waals surface area contributed by atoms with E-state index < -0.39 is 0 Å². The fraction of sp³-hybridized carbons (Fsp3) is 0.294. The summed E-state index contributed by atoms with van der Waals surface area (Å²) in [5, 5.41) is 3.48. The van der Waals surface area contributed by atoms with E-state index in [4.69, 9.17) is 23.2 Å². The number of rotatable bonds is 4. The zero-order chi connectivity index (χ0) is 16.2. The van der Waals surface area contributed by atoms with Crippen molar-refractivity contribution in [2.75, 3.05) is 24.5 Å². The molecule has 1 atom stereocenters. The second-order valence-corrected chi connectivity index (χ2v) is 6.41. The van der Waals surface area contributed by atoms with Gasteiger partial charge >= 0.3 is 0 Å². The minimum Gasteiger partial charge on any atom is -0.371 e. The monoisotopic (exact) mass is 349 g/mol. The average Bonchev–Trinajstić information content (AvgIpc) is 3.05. The number of aromatic nitrogens is 1. The van der Waals surface area contributed by atoms with Gasteiger partial charge in [-0.2, -0.15) is 0 Å². The lowest BCUT2D eigenvalue weighted by Crippen LogP contribution is -2.31. The Morgan fingerprint density at radius 1 is 1.22 bits per heavy atom. The Morgan fingerprint density at radius 2 is 2.00 bits per heavy atom. The number of hydrogen-bond donors (Lipinski definition) is 1. The van der Waals surface area contributed by atoms with Crippen LogP contribution in [0.5, 0.6) is 0 Å². The lowest BCUT2D eigenvalue weighted by molar-refractivity contribution is 0.0943. The Balaban J connectivity index is 1.55. The van der Waals surface area contributed by atoms with Gasteiger partial charge < -0.3 is 10.2 Å². The summed E-state index contributed by atoms with van der Waals surface area (Å²) in [5.74, 6) is 0.132. The third-order valence-corrected chi connectivity index (χ3v) is 4.50. The molecule has 0 radical (unpaired) electrons. The molecule has 1 aromatic heterocycles. The molecule has 3 rings (SSSR count). The number of amides is 1. The molecule has 0 aliphatic carbocycles. The largest absolute Gasteiger partial charge is 0.371 e. The fourth-order valence-corrected chi connectivity index (χ4v) is 3.11. The summed E-state index contributed by atoms with van der Waals surface area (Å²) < 4.78 is 0. The van der Waals surface area contributed by atoms with Gasteiger partial charge in [0.25, 0.3) is 5.91 Å². The molecule has 1 aliphatic rings. The second kappa shape index (κ2) is 7.20. The molecule has 1 aromatic carbocycles. The molecule has 1 saturated heterocycles. The van der Waals surface area contributed by atoms with Crippen molar-refractivity contribution in [2.45, 2.75) is 6.42 Å². The maximum atomic E-state index is 12.2. The average molecular weight is 350 g/mol. The minimum absolute atomic E-state index is 0.178. The SMILES string of the molecule is O=C(NCC1CCN(c2ccccc2)C1)c1nc(Cl)ccc1Cl. The topological polar surface area (TPSA) is 45.2 Å². The summed E-state index contributed by atoms with van der Waals surface area (Å²) in [7, 11) is 0. The van der Waals surface area contributed by atoms with Crippen LogP contribution in [0.15, 0.2) is 42.5 Å². The molecule has 23 heavy (non-hydrogen) atoms. The normalized spacial score (nSPS) is 17.3. The van der Waals surface area contributed by atoms with Crippen molar-refractivity contribution in [3.63, 3.8) is 0 Å². The molecule has 6 heteroatoms. The predicted molar refractivity (Wildman–Crippen MR) is 93.4 cm³/mol. The quantitative estimate of drug-likeness (QED) is 0.857. The highest BCUT2D eigenvalue weighted by atomic mass is 35.5. The van der Waals surface area contributed by atoms with Crippen molar-refractivity contribution in [2.24, 2.45) is 5.92 Å². The Hall–Kier alpha value is -1.78. The molecule has 120 valence electrons. The summed E-state index contributed by atoms with van der Waals surface area (Å²) in [5.41, 5.74) is 1.40. The summed E-state index contributed by atoms with van der Waals surface area (Å²) >= 11 is 11.8. The lowest BCUT2D eigenvalue weighted by Gasteiger charge is -2.18. The molecule has 1 fully saturated rings. The number of anilines is 1. The van der Waals surface area contributed by atoms with Gasteiger partial charge in [-0.05, 0) is 36.6 Å². The van der Waals surface area contributed by atoms with Gasteiger partial charge in [0.1, 0.15) is 10.8 Å².